The van der Waals surface area contributed by atoms with Crippen molar-refractivity contribution in [3.8, 4) is 0 Å². The van der Waals surface area contributed by atoms with Gasteiger partial charge in [0.25, 0.3) is 5.78 Å². The maximum absolute atomic E-state index is 5.97. The normalized spacial score (nSPS) is 23.8. The minimum Gasteiger partial charge on any atom is -0.376 e. The molecule has 38 heavy (non-hydrogen) atoms. The average molecular weight is 582 g/mol. The maximum atomic E-state index is 5.97. The fourth-order valence-electron chi connectivity index (χ4n) is 6.42. The van der Waals surface area contributed by atoms with E-state index < -0.39 is 0 Å². The first-order valence-electron chi connectivity index (χ1n) is 13.8. The van der Waals surface area contributed by atoms with Gasteiger partial charge in [-0.2, -0.15) is 4.98 Å². The molecule has 3 aromatic heterocycles. The summed E-state index contributed by atoms with van der Waals surface area (Å²) < 4.78 is 11.3. The number of aryl methyl sites for hydroxylation is 1. The summed E-state index contributed by atoms with van der Waals surface area (Å²) in [6.07, 6.45) is 4.15. The molecule has 2 aliphatic heterocycles. The van der Waals surface area contributed by atoms with E-state index in [1.165, 1.54) is 5.56 Å². The Labute approximate surface area is 232 Å². The Bertz CT molecular complexity index is 1420. The van der Waals surface area contributed by atoms with Gasteiger partial charge >= 0.3 is 0 Å². The molecule has 0 saturated carbocycles. The number of ether oxygens (including phenoxy) is 1. The van der Waals surface area contributed by atoms with Gasteiger partial charge in [0, 0.05) is 42.3 Å². The van der Waals surface area contributed by atoms with Crippen LogP contribution in [0.15, 0.2) is 35.1 Å². The largest absolute Gasteiger partial charge is 0.376 e. The molecule has 0 amide bonds. The molecule has 0 N–H and O–H groups in total. The van der Waals surface area contributed by atoms with E-state index >= 15 is 0 Å². The van der Waals surface area contributed by atoms with E-state index in [-0.39, 0.29) is 12.1 Å². The number of hydrogen-bond acceptors (Lipinski definition) is 7. The highest BCUT2D eigenvalue weighted by atomic mass is 79.9. The average Bonchev–Trinajstić information content (AvgIpc) is 3.63. The number of piperazine rings is 1. The van der Waals surface area contributed by atoms with Crippen LogP contribution >= 0.6 is 15.9 Å². The summed E-state index contributed by atoms with van der Waals surface area (Å²) in [5.41, 5.74) is 3.28. The Morgan fingerprint density at radius 1 is 1.08 bits per heavy atom. The van der Waals surface area contributed by atoms with E-state index in [2.05, 4.69) is 99.4 Å². The second kappa shape index (κ2) is 10.2. The molecule has 10 heteroatoms. The summed E-state index contributed by atoms with van der Waals surface area (Å²) in [6.45, 7) is 14.8. The molecule has 5 heterocycles. The van der Waals surface area contributed by atoms with E-state index in [4.69, 9.17) is 14.7 Å². The summed E-state index contributed by atoms with van der Waals surface area (Å²) in [5.74, 6) is 2.97. The smallest absolute Gasteiger partial charge is 0.258 e. The van der Waals surface area contributed by atoms with Crippen LogP contribution in [-0.4, -0.2) is 71.9 Å². The number of imidazole rings is 1. The lowest BCUT2D eigenvalue weighted by atomic mass is 9.91. The predicted molar refractivity (Wildman–Crippen MR) is 152 cm³/mol. The lowest BCUT2D eigenvalue weighted by Gasteiger charge is -2.49. The molecule has 2 fully saturated rings. The maximum Gasteiger partial charge on any atom is 0.258 e. The second-order valence-corrected chi connectivity index (χ2v) is 12.2. The van der Waals surface area contributed by atoms with Crippen molar-refractivity contribution >= 4 is 38.7 Å². The van der Waals surface area contributed by atoms with Crippen molar-refractivity contribution < 1.29 is 4.74 Å². The van der Waals surface area contributed by atoms with Gasteiger partial charge in [-0.15, -0.1) is 10.2 Å². The van der Waals surface area contributed by atoms with Crippen LogP contribution in [0.5, 0.6) is 0 Å². The lowest BCUT2D eigenvalue weighted by molar-refractivity contribution is 0.0822. The van der Waals surface area contributed by atoms with Crippen LogP contribution in [0.25, 0.3) is 16.9 Å². The van der Waals surface area contributed by atoms with Crippen molar-refractivity contribution in [2.24, 2.45) is 5.92 Å². The number of aromatic nitrogens is 6. The fraction of sp³-hybridized carbons (Fsp3) is 0.571. The standard InChI is InChI=1S/C28H37BrN8O/c1-17(2)25(21-8-10-22(29)11-9-21)34-13-19(4)35(14-18(34)3)26-24-27(37-16-30-33-28(37)32-26)36(20(5)31-24)15-23-7-6-12-38-23/h8-11,16-19,23,25H,6-7,12-15H2,1-5H3/t18-,19+,23+,25?/m1/s1. The van der Waals surface area contributed by atoms with E-state index in [1.807, 2.05) is 4.40 Å². The zero-order valence-electron chi connectivity index (χ0n) is 22.9. The van der Waals surface area contributed by atoms with Crippen LogP contribution < -0.4 is 4.90 Å². The van der Waals surface area contributed by atoms with Crippen molar-refractivity contribution in [1.29, 1.82) is 0 Å². The van der Waals surface area contributed by atoms with Crippen molar-refractivity contribution in [2.45, 2.75) is 78.2 Å². The van der Waals surface area contributed by atoms with Crippen LogP contribution in [0.1, 0.15) is 58.0 Å². The predicted octanol–water partition coefficient (Wildman–Crippen LogP) is 5.02. The first-order chi connectivity index (χ1) is 18.3. The van der Waals surface area contributed by atoms with Crippen molar-refractivity contribution in [3.63, 3.8) is 0 Å². The Kier molecular flexibility index (Phi) is 6.90. The molecule has 0 spiro atoms. The number of halogens is 1. The van der Waals surface area contributed by atoms with Crippen LogP contribution in [0.2, 0.25) is 0 Å². The molecule has 0 radical (unpaired) electrons. The van der Waals surface area contributed by atoms with Gasteiger partial charge in [-0.1, -0.05) is 41.9 Å². The summed E-state index contributed by atoms with van der Waals surface area (Å²) in [5, 5.41) is 8.55. The number of fused-ring (bicyclic) bond motifs is 3. The highest BCUT2D eigenvalue weighted by molar-refractivity contribution is 9.10. The third kappa shape index (κ3) is 4.50. The molecular weight excluding hydrogens is 544 g/mol. The van der Waals surface area contributed by atoms with Gasteiger partial charge in [0.1, 0.15) is 17.7 Å². The Balaban J connectivity index is 1.37. The van der Waals surface area contributed by atoms with Gasteiger partial charge in [-0.3, -0.25) is 4.90 Å². The third-order valence-electron chi connectivity index (χ3n) is 8.22. The van der Waals surface area contributed by atoms with Gasteiger partial charge in [0.15, 0.2) is 11.5 Å². The number of nitrogens with zero attached hydrogens (tertiary/aromatic N) is 8. The molecule has 4 atom stereocenters. The summed E-state index contributed by atoms with van der Waals surface area (Å²) in [4.78, 5) is 15.2. The molecule has 202 valence electrons. The van der Waals surface area contributed by atoms with Crippen LogP contribution in [0, 0.1) is 12.8 Å². The first-order valence-corrected chi connectivity index (χ1v) is 14.6. The topological polar surface area (TPSA) is 76.6 Å². The van der Waals surface area contributed by atoms with Crippen LogP contribution in [0.4, 0.5) is 5.82 Å². The molecule has 2 aliphatic rings. The van der Waals surface area contributed by atoms with E-state index in [0.717, 1.165) is 66.4 Å². The summed E-state index contributed by atoms with van der Waals surface area (Å²) in [6, 6.07) is 9.76. The molecule has 2 saturated heterocycles. The molecule has 0 bridgehead atoms. The Morgan fingerprint density at radius 3 is 2.58 bits per heavy atom. The first kappa shape index (κ1) is 25.7. The number of benzene rings is 1. The quantitative estimate of drug-likeness (QED) is 0.317. The van der Waals surface area contributed by atoms with E-state index in [1.54, 1.807) is 6.33 Å². The zero-order chi connectivity index (χ0) is 26.6. The van der Waals surface area contributed by atoms with Gasteiger partial charge in [0.2, 0.25) is 0 Å². The molecule has 0 aliphatic carbocycles. The van der Waals surface area contributed by atoms with E-state index in [0.29, 0.717) is 23.8 Å². The monoisotopic (exact) mass is 580 g/mol. The van der Waals surface area contributed by atoms with Gasteiger partial charge in [-0.05, 0) is 57.2 Å². The van der Waals surface area contributed by atoms with Crippen molar-refractivity contribution in [3.05, 3.63) is 46.5 Å². The molecule has 1 aromatic carbocycles. The van der Waals surface area contributed by atoms with Crippen LogP contribution in [0.3, 0.4) is 0 Å². The zero-order valence-corrected chi connectivity index (χ0v) is 24.5. The number of rotatable bonds is 6. The minimum absolute atomic E-state index is 0.211. The lowest BCUT2D eigenvalue weighted by Crippen LogP contribution is -2.58. The highest BCUT2D eigenvalue weighted by Crippen LogP contribution is 2.36. The van der Waals surface area contributed by atoms with E-state index in [9.17, 15) is 0 Å². The van der Waals surface area contributed by atoms with Crippen molar-refractivity contribution in [1.82, 2.24) is 34.0 Å². The van der Waals surface area contributed by atoms with Crippen molar-refractivity contribution in [2.75, 3.05) is 24.6 Å². The highest BCUT2D eigenvalue weighted by Gasteiger charge is 2.37. The fourth-order valence-corrected chi connectivity index (χ4v) is 6.68. The minimum atomic E-state index is 0.211. The molecule has 6 rings (SSSR count). The summed E-state index contributed by atoms with van der Waals surface area (Å²) >= 11 is 3.59. The molecule has 9 nitrogen and oxygen atoms in total. The Morgan fingerprint density at radius 2 is 1.87 bits per heavy atom. The number of hydrogen-bond donors (Lipinski definition) is 0. The molecule has 1 unspecified atom stereocenters. The molecule has 4 aromatic rings. The SMILES string of the molecule is Cc1nc2c(N3C[C@@H](C)N(C(c4ccc(Br)cc4)C(C)C)C[C@@H]3C)nc3nncn3c2n1C[C@@H]1CCCO1. The summed E-state index contributed by atoms with van der Waals surface area (Å²) in [7, 11) is 0. The third-order valence-corrected chi connectivity index (χ3v) is 8.75. The Hall–Kier alpha value is -2.56. The van der Waals surface area contributed by atoms with Gasteiger partial charge in [0.05, 0.1) is 12.6 Å². The number of anilines is 1. The van der Waals surface area contributed by atoms with Crippen LogP contribution in [-0.2, 0) is 11.3 Å². The molecular formula is C28H37BrN8O. The van der Waals surface area contributed by atoms with Gasteiger partial charge in [-0.25, -0.2) is 9.38 Å². The second-order valence-electron chi connectivity index (χ2n) is 11.3. The van der Waals surface area contributed by atoms with Gasteiger partial charge < -0.3 is 14.2 Å².